The molecule has 0 radical (unpaired) electrons. The number of rotatable bonds is 5. The molecule has 0 bridgehead atoms. The topological polar surface area (TPSA) is 49.4 Å². The number of carbonyl (C=O) groups excluding carboxylic acids is 2. The van der Waals surface area contributed by atoms with Crippen molar-refractivity contribution in [3.05, 3.63) is 29.8 Å². The number of nitrogens with zero attached hydrogens (tertiary/aromatic N) is 1. The van der Waals surface area contributed by atoms with Gasteiger partial charge in [-0.3, -0.25) is 9.59 Å². The van der Waals surface area contributed by atoms with E-state index in [1.165, 1.54) is 24.8 Å². The third-order valence-electron chi connectivity index (χ3n) is 5.92. The Kier molecular flexibility index (Phi) is 5.77. The van der Waals surface area contributed by atoms with Crippen molar-refractivity contribution in [2.45, 2.75) is 64.8 Å². The molecule has 0 aromatic heterocycles. The van der Waals surface area contributed by atoms with Crippen molar-refractivity contribution < 1.29 is 9.59 Å². The Labute approximate surface area is 151 Å². The first-order valence-corrected chi connectivity index (χ1v) is 9.80. The van der Waals surface area contributed by atoms with Gasteiger partial charge in [-0.2, -0.15) is 0 Å². The summed E-state index contributed by atoms with van der Waals surface area (Å²) in [6.07, 6.45) is 7.12. The average molecular weight is 342 g/mol. The highest BCUT2D eigenvalue weighted by Gasteiger charge is 2.36. The van der Waals surface area contributed by atoms with E-state index in [2.05, 4.69) is 31.3 Å². The van der Waals surface area contributed by atoms with Crippen LogP contribution in [0.15, 0.2) is 24.3 Å². The average Bonchev–Trinajstić information content (AvgIpc) is 3.04. The van der Waals surface area contributed by atoms with Gasteiger partial charge in [0.25, 0.3) is 0 Å². The van der Waals surface area contributed by atoms with Crippen LogP contribution in [0.5, 0.6) is 0 Å². The fraction of sp³-hybridized carbons (Fsp3) is 0.619. The van der Waals surface area contributed by atoms with E-state index < -0.39 is 0 Å². The second-order valence-electron chi connectivity index (χ2n) is 7.56. The van der Waals surface area contributed by atoms with Crippen molar-refractivity contribution in [3.8, 4) is 0 Å². The second-order valence-corrected chi connectivity index (χ2v) is 7.56. The van der Waals surface area contributed by atoms with Crippen molar-refractivity contribution in [2.75, 3.05) is 11.4 Å². The van der Waals surface area contributed by atoms with E-state index in [-0.39, 0.29) is 17.7 Å². The summed E-state index contributed by atoms with van der Waals surface area (Å²) in [6, 6.07) is 8.39. The van der Waals surface area contributed by atoms with Gasteiger partial charge in [-0.25, -0.2) is 0 Å². The molecule has 0 unspecified atom stereocenters. The van der Waals surface area contributed by atoms with Crippen LogP contribution in [-0.2, 0) is 16.0 Å². The SMILES string of the molecule is CCc1ccc(N2C[C@@H](C(=O)NC3CCC(CC)CC3)CC2=O)cc1. The fourth-order valence-corrected chi connectivity index (χ4v) is 4.08. The molecule has 1 saturated carbocycles. The highest BCUT2D eigenvalue weighted by atomic mass is 16.2. The zero-order chi connectivity index (χ0) is 17.8. The normalized spacial score (nSPS) is 26.7. The van der Waals surface area contributed by atoms with E-state index in [4.69, 9.17) is 0 Å². The van der Waals surface area contributed by atoms with Gasteiger partial charge in [-0.15, -0.1) is 0 Å². The van der Waals surface area contributed by atoms with Gasteiger partial charge in [0.2, 0.25) is 11.8 Å². The van der Waals surface area contributed by atoms with Gasteiger partial charge in [0.1, 0.15) is 0 Å². The maximum atomic E-state index is 12.6. The molecule has 1 N–H and O–H groups in total. The summed E-state index contributed by atoms with van der Waals surface area (Å²) in [5.74, 6) is 0.713. The summed E-state index contributed by atoms with van der Waals surface area (Å²) in [6.45, 7) is 4.86. The number of hydrogen-bond acceptors (Lipinski definition) is 2. The number of amides is 2. The van der Waals surface area contributed by atoms with Crippen LogP contribution in [0.1, 0.15) is 57.9 Å². The Morgan fingerprint density at radius 1 is 1.12 bits per heavy atom. The minimum atomic E-state index is -0.220. The molecular weight excluding hydrogens is 312 g/mol. The van der Waals surface area contributed by atoms with Crippen LogP contribution in [0.4, 0.5) is 5.69 Å². The van der Waals surface area contributed by atoms with Crippen LogP contribution < -0.4 is 10.2 Å². The molecule has 1 aliphatic heterocycles. The molecule has 1 aliphatic carbocycles. The molecule has 4 nitrogen and oxygen atoms in total. The molecule has 1 atom stereocenters. The molecule has 2 fully saturated rings. The van der Waals surface area contributed by atoms with Gasteiger partial charge in [0.05, 0.1) is 5.92 Å². The monoisotopic (exact) mass is 342 g/mol. The van der Waals surface area contributed by atoms with Crippen LogP contribution in [0, 0.1) is 11.8 Å². The van der Waals surface area contributed by atoms with Crippen molar-refractivity contribution in [1.29, 1.82) is 0 Å². The van der Waals surface area contributed by atoms with Gasteiger partial charge >= 0.3 is 0 Å². The van der Waals surface area contributed by atoms with E-state index in [1.807, 2.05) is 12.1 Å². The largest absolute Gasteiger partial charge is 0.353 e. The van der Waals surface area contributed by atoms with E-state index in [0.29, 0.717) is 19.0 Å². The lowest BCUT2D eigenvalue weighted by atomic mass is 9.84. The molecule has 1 aromatic carbocycles. The minimum Gasteiger partial charge on any atom is -0.353 e. The first-order valence-electron chi connectivity index (χ1n) is 9.80. The molecule has 1 aromatic rings. The predicted molar refractivity (Wildman–Crippen MR) is 100 cm³/mol. The molecule has 0 spiro atoms. The summed E-state index contributed by atoms with van der Waals surface area (Å²) in [5, 5.41) is 3.20. The maximum Gasteiger partial charge on any atom is 0.227 e. The van der Waals surface area contributed by atoms with E-state index in [1.54, 1.807) is 4.90 Å². The van der Waals surface area contributed by atoms with Gasteiger partial charge in [-0.05, 0) is 55.7 Å². The van der Waals surface area contributed by atoms with Gasteiger partial charge in [-0.1, -0.05) is 32.4 Å². The molecular formula is C21H30N2O2. The van der Waals surface area contributed by atoms with Crippen LogP contribution in [0.25, 0.3) is 0 Å². The number of anilines is 1. The smallest absolute Gasteiger partial charge is 0.227 e. The number of carbonyl (C=O) groups is 2. The Balaban J connectivity index is 1.55. The van der Waals surface area contributed by atoms with Crippen LogP contribution in [0.2, 0.25) is 0 Å². The first-order chi connectivity index (χ1) is 12.1. The summed E-state index contributed by atoms with van der Waals surface area (Å²) < 4.78 is 0. The quantitative estimate of drug-likeness (QED) is 0.887. The highest BCUT2D eigenvalue weighted by Crippen LogP contribution is 2.28. The second kappa shape index (κ2) is 8.03. The van der Waals surface area contributed by atoms with Crippen molar-refractivity contribution >= 4 is 17.5 Å². The Morgan fingerprint density at radius 2 is 1.80 bits per heavy atom. The zero-order valence-corrected chi connectivity index (χ0v) is 15.5. The lowest BCUT2D eigenvalue weighted by Gasteiger charge is -2.29. The minimum absolute atomic E-state index is 0.0547. The lowest BCUT2D eigenvalue weighted by Crippen LogP contribution is -2.41. The summed E-state index contributed by atoms with van der Waals surface area (Å²) in [4.78, 5) is 26.7. The third-order valence-corrected chi connectivity index (χ3v) is 5.92. The standard InChI is InChI=1S/C21H30N2O2/c1-3-15-5-9-18(10-6-15)22-21(25)17-13-20(24)23(14-17)19-11-7-16(4-2)8-12-19/h7-8,11-12,15,17-18H,3-6,9-10,13-14H2,1-2H3,(H,22,25)/t15?,17-,18?/m0/s1. The van der Waals surface area contributed by atoms with E-state index in [9.17, 15) is 9.59 Å². The Hall–Kier alpha value is -1.84. The van der Waals surface area contributed by atoms with Crippen molar-refractivity contribution in [1.82, 2.24) is 5.32 Å². The molecule has 3 rings (SSSR count). The molecule has 1 saturated heterocycles. The molecule has 25 heavy (non-hydrogen) atoms. The number of nitrogens with one attached hydrogen (secondary N) is 1. The van der Waals surface area contributed by atoms with Gasteiger partial charge < -0.3 is 10.2 Å². The van der Waals surface area contributed by atoms with Crippen LogP contribution >= 0.6 is 0 Å². The predicted octanol–water partition coefficient (Wildman–Crippen LogP) is 3.69. The van der Waals surface area contributed by atoms with Crippen molar-refractivity contribution in [2.24, 2.45) is 11.8 Å². The Bertz CT molecular complexity index is 603. The maximum absolute atomic E-state index is 12.6. The molecule has 2 amide bonds. The number of benzene rings is 1. The van der Waals surface area contributed by atoms with Crippen LogP contribution in [-0.4, -0.2) is 24.4 Å². The summed E-state index contributed by atoms with van der Waals surface area (Å²) in [5.41, 5.74) is 2.16. The molecule has 136 valence electrons. The zero-order valence-electron chi connectivity index (χ0n) is 15.5. The Morgan fingerprint density at radius 3 is 2.40 bits per heavy atom. The highest BCUT2D eigenvalue weighted by molar-refractivity contribution is 6.00. The van der Waals surface area contributed by atoms with Gasteiger partial charge in [0.15, 0.2) is 0 Å². The van der Waals surface area contributed by atoms with E-state index >= 15 is 0 Å². The lowest BCUT2D eigenvalue weighted by molar-refractivity contribution is -0.127. The van der Waals surface area contributed by atoms with Crippen LogP contribution in [0.3, 0.4) is 0 Å². The molecule has 1 heterocycles. The summed E-state index contributed by atoms with van der Waals surface area (Å²) in [7, 11) is 0. The summed E-state index contributed by atoms with van der Waals surface area (Å²) >= 11 is 0. The number of hydrogen-bond donors (Lipinski definition) is 1. The first kappa shape index (κ1) is 18.0. The van der Waals surface area contributed by atoms with E-state index in [0.717, 1.165) is 30.9 Å². The third kappa shape index (κ3) is 4.23. The fourth-order valence-electron chi connectivity index (χ4n) is 4.08. The number of aryl methyl sites for hydroxylation is 1. The molecule has 2 aliphatic rings. The molecule has 4 heteroatoms. The van der Waals surface area contributed by atoms with Gasteiger partial charge in [0, 0.05) is 24.7 Å². The van der Waals surface area contributed by atoms with Crippen molar-refractivity contribution in [3.63, 3.8) is 0 Å².